The fraction of sp³-hybridized carbons (Fsp3) is 0.400. The summed E-state index contributed by atoms with van der Waals surface area (Å²) in [5, 5.41) is 0.145. The number of ketones is 1. The van der Waals surface area contributed by atoms with Gasteiger partial charge in [0.2, 0.25) is 0 Å². The molecule has 5 nitrogen and oxygen atoms in total. The molecule has 150 valence electrons. The van der Waals surface area contributed by atoms with Crippen LogP contribution in [0.5, 0.6) is 0 Å². The Bertz CT molecular complexity index is 997. The highest BCUT2D eigenvalue weighted by molar-refractivity contribution is 7.99. The summed E-state index contributed by atoms with van der Waals surface area (Å²) in [6, 6.07) is 8.68. The lowest BCUT2D eigenvalue weighted by molar-refractivity contribution is 0.0656. The number of aryl methyl sites for hydroxylation is 1. The molecule has 0 aliphatic rings. The monoisotopic (exact) mass is 407 g/mol. The van der Waals surface area contributed by atoms with Gasteiger partial charge in [-0.15, -0.1) is 0 Å². The van der Waals surface area contributed by atoms with E-state index in [0.29, 0.717) is 23.2 Å². The Morgan fingerprint density at radius 1 is 1.25 bits per heavy atom. The third-order valence-corrected chi connectivity index (χ3v) is 5.68. The van der Waals surface area contributed by atoms with Crippen LogP contribution in [0.2, 0.25) is 0 Å². The molecule has 0 bridgehead atoms. The van der Waals surface area contributed by atoms with E-state index in [1.54, 1.807) is 31.4 Å². The zero-order valence-corrected chi connectivity index (χ0v) is 17.1. The summed E-state index contributed by atoms with van der Waals surface area (Å²) >= 11 is 1.03. The molecule has 0 spiro atoms. The summed E-state index contributed by atoms with van der Waals surface area (Å²) < 4.78 is 35.2. The van der Waals surface area contributed by atoms with Gasteiger partial charge in [0, 0.05) is 24.1 Å². The van der Waals surface area contributed by atoms with Crippen LogP contribution in [-0.4, -0.2) is 39.4 Å². The summed E-state index contributed by atoms with van der Waals surface area (Å²) in [4.78, 5) is 17.1. The van der Waals surface area contributed by atoms with E-state index >= 15 is 0 Å². The van der Waals surface area contributed by atoms with Crippen molar-refractivity contribution in [3.05, 3.63) is 47.3 Å². The van der Waals surface area contributed by atoms with Gasteiger partial charge in [0.05, 0.1) is 29.4 Å². The van der Waals surface area contributed by atoms with E-state index < -0.39 is 6.55 Å². The van der Waals surface area contributed by atoms with Crippen molar-refractivity contribution in [1.29, 1.82) is 0 Å². The summed E-state index contributed by atoms with van der Waals surface area (Å²) in [7, 11) is 1.64. The topological polar surface area (TPSA) is 49.1 Å². The molecule has 0 saturated carbocycles. The number of Topliss-reactive ketones (excluding diaryl/α,β-unsaturated/α-hetero) is 1. The van der Waals surface area contributed by atoms with Crippen molar-refractivity contribution >= 4 is 28.6 Å². The summed E-state index contributed by atoms with van der Waals surface area (Å²) in [5.41, 5.74) is 3.28. The maximum atomic E-state index is 13.5. The molecule has 1 unspecified atom stereocenters. The van der Waals surface area contributed by atoms with E-state index in [1.165, 1.54) is 0 Å². The van der Waals surface area contributed by atoms with E-state index in [0.717, 1.165) is 27.7 Å². The number of fused-ring (bicyclic) bond motifs is 1. The molecule has 28 heavy (non-hydrogen) atoms. The largest absolute Gasteiger partial charge is 0.383 e. The number of methoxy groups -OCH3 is 1. The Morgan fingerprint density at radius 3 is 2.64 bits per heavy atom. The Labute approximate surface area is 166 Å². The van der Waals surface area contributed by atoms with Gasteiger partial charge in [-0.1, -0.05) is 23.9 Å². The van der Waals surface area contributed by atoms with E-state index in [4.69, 9.17) is 4.74 Å². The number of ether oxygens (including phenoxy) is 1. The average molecular weight is 407 g/mol. The highest BCUT2D eigenvalue weighted by Gasteiger charge is 2.22. The number of halogens is 2. The van der Waals surface area contributed by atoms with Crippen LogP contribution in [0.3, 0.4) is 0 Å². The molecule has 0 aliphatic carbocycles. The first kappa shape index (κ1) is 20.5. The predicted molar refractivity (Wildman–Crippen MR) is 107 cm³/mol. The number of alkyl halides is 2. The first-order chi connectivity index (χ1) is 13.3. The van der Waals surface area contributed by atoms with Crippen molar-refractivity contribution in [2.24, 2.45) is 0 Å². The third-order valence-electron chi connectivity index (χ3n) is 4.72. The molecule has 2 heterocycles. The average Bonchev–Trinajstić information content (AvgIpc) is 3.16. The minimum Gasteiger partial charge on any atom is -0.383 e. The fourth-order valence-electron chi connectivity index (χ4n) is 3.57. The lowest BCUT2D eigenvalue weighted by atomic mass is 10.2. The van der Waals surface area contributed by atoms with Crippen molar-refractivity contribution < 1.29 is 18.3 Å². The molecular formula is C20H23F2N3O2S. The molecule has 1 atom stereocenters. The molecule has 3 rings (SSSR count). The van der Waals surface area contributed by atoms with Crippen LogP contribution in [0, 0.1) is 13.8 Å². The van der Waals surface area contributed by atoms with Crippen molar-refractivity contribution in [1.82, 2.24) is 14.1 Å². The van der Waals surface area contributed by atoms with Crippen LogP contribution < -0.4 is 0 Å². The molecule has 0 fully saturated rings. The molecule has 3 aromatic rings. The number of imidazole rings is 1. The Hall–Kier alpha value is -2.19. The van der Waals surface area contributed by atoms with Crippen molar-refractivity contribution in [2.45, 2.75) is 38.5 Å². The fourth-order valence-corrected chi connectivity index (χ4v) is 4.47. The Kier molecular flexibility index (Phi) is 6.20. The maximum absolute atomic E-state index is 13.5. The molecule has 0 N–H and O–H groups in total. The second kappa shape index (κ2) is 8.45. The molecule has 2 aromatic heterocycles. The summed E-state index contributed by atoms with van der Waals surface area (Å²) in [5.74, 6) is -0.0687. The second-order valence-corrected chi connectivity index (χ2v) is 7.64. The van der Waals surface area contributed by atoms with E-state index in [9.17, 15) is 13.6 Å². The highest BCUT2D eigenvalue weighted by atomic mass is 32.2. The number of hydrogen-bond acceptors (Lipinski definition) is 4. The summed E-state index contributed by atoms with van der Waals surface area (Å²) in [6.45, 7) is 3.68. The zero-order chi connectivity index (χ0) is 20.4. The maximum Gasteiger partial charge on any atom is 0.321 e. The lowest BCUT2D eigenvalue weighted by Crippen LogP contribution is -2.15. The van der Waals surface area contributed by atoms with Gasteiger partial charge in [0.15, 0.2) is 10.9 Å². The number of benzene rings is 1. The first-order valence-corrected chi connectivity index (χ1v) is 9.92. The molecule has 8 heteroatoms. The number of carbonyl (C=O) groups is 1. The molecule has 1 aromatic carbocycles. The number of hydrogen-bond donors (Lipinski definition) is 0. The highest BCUT2D eigenvalue weighted by Crippen LogP contribution is 2.30. The number of nitrogens with zero attached hydrogens (tertiary/aromatic N) is 3. The van der Waals surface area contributed by atoms with Crippen molar-refractivity contribution in [2.75, 3.05) is 19.5 Å². The first-order valence-electron chi connectivity index (χ1n) is 8.93. The van der Waals surface area contributed by atoms with Gasteiger partial charge in [-0.25, -0.2) is 4.98 Å². The third kappa shape index (κ3) is 3.84. The van der Waals surface area contributed by atoms with E-state index in [1.807, 2.05) is 26.8 Å². The van der Waals surface area contributed by atoms with Gasteiger partial charge in [0.25, 0.3) is 0 Å². The second-order valence-electron chi connectivity index (χ2n) is 6.70. The normalized spacial score (nSPS) is 12.8. The van der Waals surface area contributed by atoms with Gasteiger partial charge >= 0.3 is 6.55 Å². The van der Waals surface area contributed by atoms with Crippen molar-refractivity contribution in [3.8, 4) is 0 Å². The minimum atomic E-state index is -2.72. The Balaban J connectivity index is 1.83. The van der Waals surface area contributed by atoms with E-state index in [-0.39, 0.29) is 22.7 Å². The smallest absolute Gasteiger partial charge is 0.321 e. The van der Waals surface area contributed by atoms with Crippen LogP contribution in [-0.2, 0) is 4.74 Å². The quantitative estimate of drug-likeness (QED) is 0.388. The van der Waals surface area contributed by atoms with Crippen molar-refractivity contribution in [3.63, 3.8) is 0 Å². The standard InChI is InChI=1S/C20H23F2N3O2S/c1-12-9-15(14(3)24(12)13(2)10-27-4)18(26)11-28-20-23-16-7-5-6-8-17(16)25(20)19(21)22/h5-9,13,19H,10-11H2,1-4H3. The van der Waals surface area contributed by atoms with Crippen LogP contribution in [0.25, 0.3) is 11.0 Å². The number of carbonyl (C=O) groups excluding carboxylic acids is 1. The lowest BCUT2D eigenvalue weighted by Gasteiger charge is -2.17. The van der Waals surface area contributed by atoms with Gasteiger partial charge in [-0.05, 0) is 39.0 Å². The van der Waals surface area contributed by atoms with Gasteiger partial charge in [-0.2, -0.15) is 8.78 Å². The van der Waals surface area contributed by atoms with Gasteiger partial charge in [-0.3, -0.25) is 9.36 Å². The number of rotatable bonds is 8. The van der Waals surface area contributed by atoms with Crippen LogP contribution in [0.1, 0.15) is 41.3 Å². The number of para-hydroxylation sites is 2. The molecular weight excluding hydrogens is 384 g/mol. The molecule has 0 amide bonds. The zero-order valence-electron chi connectivity index (χ0n) is 16.3. The van der Waals surface area contributed by atoms with Crippen LogP contribution in [0.4, 0.5) is 8.78 Å². The van der Waals surface area contributed by atoms with Crippen LogP contribution >= 0.6 is 11.8 Å². The van der Waals surface area contributed by atoms with Gasteiger partial charge < -0.3 is 9.30 Å². The molecule has 0 saturated heterocycles. The minimum absolute atomic E-state index is 0.0407. The number of aromatic nitrogens is 3. The van der Waals surface area contributed by atoms with Gasteiger partial charge in [0.1, 0.15) is 0 Å². The SMILES string of the molecule is COCC(C)n1c(C)cc(C(=O)CSc2nc3ccccc3n2C(F)F)c1C. The predicted octanol–water partition coefficient (Wildman–Crippen LogP) is 5.03. The molecule has 0 radical (unpaired) electrons. The van der Waals surface area contributed by atoms with Crippen LogP contribution in [0.15, 0.2) is 35.5 Å². The molecule has 0 aliphatic heterocycles. The number of thioether (sulfide) groups is 1. The Morgan fingerprint density at radius 2 is 1.96 bits per heavy atom. The summed E-state index contributed by atoms with van der Waals surface area (Å²) in [6.07, 6.45) is 0. The van der Waals surface area contributed by atoms with E-state index in [2.05, 4.69) is 9.55 Å².